The number of unbranched alkanes of at least 4 members (excludes halogenated alkanes) is 1. The van der Waals surface area contributed by atoms with Gasteiger partial charge >= 0.3 is 6.03 Å². The number of carbonyl (C=O) groups excluding carboxylic acids is 1. The SMILES string of the molecule is CC1CCCCC1.CNCCCNC(=O)N1CCCC(N)(C(O)(CCCCOC)c2cccc(Cl)c2)C1. The fourth-order valence-corrected chi connectivity index (χ4v) is 5.72. The third kappa shape index (κ3) is 10.0. The minimum absolute atomic E-state index is 0.131. The highest BCUT2D eigenvalue weighted by molar-refractivity contribution is 6.30. The zero-order valence-corrected chi connectivity index (χ0v) is 24.1. The molecule has 1 heterocycles. The number of rotatable bonds is 11. The van der Waals surface area contributed by atoms with Crippen LogP contribution in [-0.4, -0.2) is 68.5 Å². The molecule has 0 spiro atoms. The topological polar surface area (TPSA) is 99.9 Å². The second-order valence-electron chi connectivity index (χ2n) is 10.9. The molecule has 7 nitrogen and oxygen atoms in total. The molecule has 0 aromatic heterocycles. The molecule has 37 heavy (non-hydrogen) atoms. The van der Waals surface area contributed by atoms with E-state index in [9.17, 15) is 9.90 Å². The summed E-state index contributed by atoms with van der Waals surface area (Å²) in [7, 11) is 3.56. The van der Waals surface area contributed by atoms with E-state index in [1.54, 1.807) is 24.1 Å². The molecule has 1 aliphatic heterocycles. The van der Waals surface area contributed by atoms with Gasteiger partial charge in [-0.2, -0.15) is 0 Å². The van der Waals surface area contributed by atoms with Crippen LogP contribution in [0.1, 0.15) is 83.1 Å². The molecule has 0 radical (unpaired) electrons. The number of amides is 2. The minimum Gasteiger partial charge on any atom is -0.385 e. The zero-order chi connectivity index (χ0) is 27.2. The summed E-state index contributed by atoms with van der Waals surface area (Å²) in [6.45, 7) is 5.36. The van der Waals surface area contributed by atoms with Gasteiger partial charge in [-0.25, -0.2) is 4.79 Å². The van der Waals surface area contributed by atoms with E-state index < -0.39 is 11.1 Å². The number of aliphatic hydroxyl groups is 1. The van der Waals surface area contributed by atoms with Crippen LogP contribution in [0, 0.1) is 5.92 Å². The third-order valence-corrected chi connectivity index (χ3v) is 8.08. The predicted molar refractivity (Wildman–Crippen MR) is 153 cm³/mol. The van der Waals surface area contributed by atoms with Crippen molar-refractivity contribution in [3.05, 3.63) is 34.9 Å². The summed E-state index contributed by atoms with van der Waals surface area (Å²) in [6, 6.07) is 7.13. The molecule has 1 aromatic rings. The van der Waals surface area contributed by atoms with Crippen LogP contribution in [0.3, 0.4) is 0 Å². The first-order valence-corrected chi connectivity index (χ1v) is 14.6. The van der Waals surface area contributed by atoms with Crippen molar-refractivity contribution in [1.82, 2.24) is 15.5 Å². The molecular formula is C29H51ClN4O3. The lowest BCUT2D eigenvalue weighted by Gasteiger charge is -2.50. The van der Waals surface area contributed by atoms with Crippen molar-refractivity contribution < 1.29 is 14.6 Å². The molecule has 1 saturated heterocycles. The van der Waals surface area contributed by atoms with Crippen molar-refractivity contribution in [2.75, 3.05) is 46.9 Å². The molecule has 8 heteroatoms. The number of nitrogens with two attached hydrogens (primary N) is 1. The van der Waals surface area contributed by atoms with Crippen LogP contribution in [0.15, 0.2) is 24.3 Å². The maximum Gasteiger partial charge on any atom is 0.317 e. The smallest absolute Gasteiger partial charge is 0.317 e. The van der Waals surface area contributed by atoms with Crippen LogP contribution in [0.4, 0.5) is 4.79 Å². The van der Waals surface area contributed by atoms with Crippen molar-refractivity contribution in [1.29, 1.82) is 0 Å². The third-order valence-electron chi connectivity index (χ3n) is 7.85. The summed E-state index contributed by atoms with van der Waals surface area (Å²) in [5, 5.41) is 18.5. The number of ether oxygens (including phenoxy) is 1. The van der Waals surface area contributed by atoms with E-state index >= 15 is 0 Å². The van der Waals surface area contributed by atoms with Gasteiger partial charge in [0.25, 0.3) is 0 Å². The molecule has 5 N–H and O–H groups in total. The average Bonchev–Trinajstić information content (AvgIpc) is 2.89. The first-order valence-electron chi connectivity index (χ1n) is 14.2. The molecule has 2 atom stereocenters. The average molecular weight is 539 g/mol. The first kappa shape index (κ1) is 31.8. The molecule has 2 fully saturated rings. The van der Waals surface area contributed by atoms with E-state index in [1.165, 1.54) is 32.1 Å². The number of nitrogens with one attached hydrogen (secondary N) is 2. The van der Waals surface area contributed by atoms with Gasteiger partial charge in [0.15, 0.2) is 0 Å². The number of nitrogens with zero attached hydrogens (tertiary/aromatic N) is 1. The lowest BCUT2D eigenvalue weighted by Crippen LogP contribution is -2.67. The number of hydrogen-bond donors (Lipinski definition) is 4. The fourth-order valence-electron chi connectivity index (χ4n) is 5.53. The number of benzene rings is 1. The molecule has 2 amide bonds. The van der Waals surface area contributed by atoms with Crippen LogP contribution in [0.25, 0.3) is 0 Å². The molecule has 2 unspecified atom stereocenters. The highest BCUT2D eigenvalue weighted by Gasteiger charge is 2.51. The van der Waals surface area contributed by atoms with Gasteiger partial charge in [0, 0.05) is 38.4 Å². The molecule has 1 aliphatic carbocycles. The second-order valence-corrected chi connectivity index (χ2v) is 11.4. The Kier molecular flexibility index (Phi) is 14.2. The van der Waals surface area contributed by atoms with Crippen LogP contribution in [0.5, 0.6) is 0 Å². The van der Waals surface area contributed by atoms with E-state index in [0.717, 1.165) is 38.1 Å². The Labute approximate surface area is 229 Å². The van der Waals surface area contributed by atoms with Crippen LogP contribution in [0.2, 0.25) is 5.02 Å². The molecule has 1 saturated carbocycles. The highest BCUT2D eigenvalue weighted by atomic mass is 35.5. The summed E-state index contributed by atoms with van der Waals surface area (Å²) in [5.74, 6) is 1.04. The Morgan fingerprint density at radius 1 is 1.22 bits per heavy atom. The number of halogens is 1. The van der Waals surface area contributed by atoms with E-state index in [-0.39, 0.29) is 12.6 Å². The van der Waals surface area contributed by atoms with Crippen LogP contribution >= 0.6 is 11.6 Å². The molecule has 3 rings (SSSR count). The largest absolute Gasteiger partial charge is 0.385 e. The number of likely N-dealkylation sites (tertiary alicyclic amines) is 1. The summed E-state index contributed by atoms with van der Waals surface area (Å²) < 4.78 is 5.16. The van der Waals surface area contributed by atoms with Gasteiger partial charge in [0.1, 0.15) is 5.60 Å². The van der Waals surface area contributed by atoms with Crippen LogP contribution in [-0.2, 0) is 10.3 Å². The Hall–Kier alpha value is -1.38. The zero-order valence-electron chi connectivity index (χ0n) is 23.4. The predicted octanol–water partition coefficient (Wildman–Crippen LogP) is 5.04. The van der Waals surface area contributed by atoms with Crippen molar-refractivity contribution in [2.24, 2.45) is 11.7 Å². The van der Waals surface area contributed by atoms with Gasteiger partial charge in [-0.3, -0.25) is 0 Å². The molecule has 0 bridgehead atoms. The Balaban J connectivity index is 0.000000591. The van der Waals surface area contributed by atoms with Gasteiger partial charge in [-0.15, -0.1) is 0 Å². The summed E-state index contributed by atoms with van der Waals surface area (Å²) in [4.78, 5) is 14.4. The first-order chi connectivity index (χ1) is 17.8. The maximum absolute atomic E-state index is 12.7. The van der Waals surface area contributed by atoms with Crippen LogP contribution < -0.4 is 16.4 Å². The van der Waals surface area contributed by atoms with Gasteiger partial charge in [-0.05, 0) is 75.7 Å². The lowest BCUT2D eigenvalue weighted by molar-refractivity contribution is -0.0742. The quantitative estimate of drug-likeness (QED) is 0.296. The number of methoxy groups -OCH3 is 1. The normalized spacial score (nSPS) is 22.1. The van der Waals surface area contributed by atoms with Gasteiger partial charge in [0.2, 0.25) is 0 Å². The van der Waals surface area contributed by atoms with E-state index in [1.807, 2.05) is 19.2 Å². The fraction of sp³-hybridized carbons (Fsp3) is 0.759. The molecular weight excluding hydrogens is 488 g/mol. The number of hydrogen-bond acceptors (Lipinski definition) is 5. The van der Waals surface area contributed by atoms with Gasteiger partial charge in [-0.1, -0.05) is 62.8 Å². The Bertz CT molecular complexity index is 792. The van der Waals surface area contributed by atoms with E-state index in [0.29, 0.717) is 43.1 Å². The van der Waals surface area contributed by atoms with E-state index in [4.69, 9.17) is 22.1 Å². The van der Waals surface area contributed by atoms with Gasteiger partial charge < -0.3 is 31.1 Å². The Morgan fingerprint density at radius 3 is 2.59 bits per heavy atom. The lowest BCUT2D eigenvalue weighted by atomic mass is 9.68. The molecule has 1 aromatic carbocycles. The summed E-state index contributed by atoms with van der Waals surface area (Å²) in [6.07, 6.45) is 11.7. The number of piperidine rings is 1. The standard InChI is InChI=1S/C22H37ClN4O3.C7H14/c1-25-12-7-13-26-20(28)27-14-6-10-21(24,17-27)22(29,11-3-4-15-30-2)18-8-5-9-19(23)16-18;1-7-5-3-2-4-6-7/h5,8-9,16,25,29H,3-4,6-7,10-15,17,24H2,1-2H3,(H,26,28);7H,2-6H2,1H3. The van der Waals surface area contributed by atoms with E-state index in [2.05, 4.69) is 17.6 Å². The van der Waals surface area contributed by atoms with Crippen molar-refractivity contribution in [3.63, 3.8) is 0 Å². The second kappa shape index (κ2) is 16.6. The Morgan fingerprint density at radius 2 is 1.97 bits per heavy atom. The number of carbonyl (C=O) groups is 1. The molecule has 2 aliphatic rings. The highest BCUT2D eigenvalue weighted by Crippen LogP contribution is 2.42. The van der Waals surface area contributed by atoms with Crippen molar-refractivity contribution in [3.8, 4) is 0 Å². The monoisotopic (exact) mass is 538 g/mol. The summed E-state index contributed by atoms with van der Waals surface area (Å²) >= 11 is 6.23. The number of urea groups is 1. The van der Waals surface area contributed by atoms with Crippen molar-refractivity contribution >= 4 is 17.6 Å². The van der Waals surface area contributed by atoms with Crippen molar-refractivity contribution in [2.45, 2.75) is 88.7 Å². The van der Waals surface area contributed by atoms with Gasteiger partial charge in [0.05, 0.1) is 5.54 Å². The molecule has 212 valence electrons. The summed E-state index contributed by atoms with van der Waals surface area (Å²) in [5.41, 5.74) is 5.32. The minimum atomic E-state index is -1.29. The maximum atomic E-state index is 12.7.